The average molecular weight is 284 g/mol. The van der Waals surface area contributed by atoms with E-state index in [0.717, 1.165) is 12.1 Å². The minimum atomic E-state index is -5.77. The standard InChI is InChI=1S/C9H7F3O5S/c1-16-7-2-6(5-13)3-8(4-7)17-18(14,15)9(10,11)12/h2-5H,1H3. The average Bonchev–Trinajstić information content (AvgIpc) is 2.26. The van der Waals surface area contributed by atoms with Crippen LogP contribution in [0, 0.1) is 0 Å². The number of aldehydes is 1. The van der Waals surface area contributed by atoms with E-state index in [1.807, 2.05) is 0 Å². The van der Waals surface area contributed by atoms with E-state index in [4.69, 9.17) is 0 Å². The third-order valence-electron chi connectivity index (χ3n) is 1.76. The molecule has 1 rings (SSSR count). The molecule has 0 aliphatic heterocycles. The Bertz CT molecular complexity index is 550. The Morgan fingerprint density at radius 1 is 1.17 bits per heavy atom. The third kappa shape index (κ3) is 3.13. The molecule has 0 aliphatic carbocycles. The van der Waals surface area contributed by atoms with Gasteiger partial charge in [-0.25, -0.2) is 0 Å². The summed E-state index contributed by atoms with van der Waals surface area (Å²) in [5.41, 5.74) is -5.63. The van der Waals surface area contributed by atoms with E-state index >= 15 is 0 Å². The molecule has 0 bridgehead atoms. The maximum Gasteiger partial charge on any atom is 0.534 e. The lowest BCUT2D eigenvalue weighted by atomic mass is 10.2. The zero-order valence-electron chi connectivity index (χ0n) is 8.89. The van der Waals surface area contributed by atoms with Gasteiger partial charge >= 0.3 is 15.6 Å². The molecule has 0 N–H and O–H groups in total. The number of halogens is 3. The number of hydrogen-bond acceptors (Lipinski definition) is 5. The molecule has 9 heteroatoms. The molecule has 0 aromatic heterocycles. The molecule has 0 fully saturated rings. The molecule has 0 atom stereocenters. The molecule has 100 valence electrons. The number of alkyl halides is 3. The predicted octanol–water partition coefficient (Wildman–Crippen LogP) is 1.74. The summed E-state index contributed by atoms with van der Waals surface area (Å²) >= 11 is 0. The summed E-state index contributed by atoms with van der Waals surface area (Å²) in [6, 6.07) is 2.97. The van der Waals surface area contributed by atoms with Gasteiger partial charge in [0.1, 0.15) is 17.8 Å². The van der Waals surface area contributed by atoms with Crippen molar-refractivity contribution in [2.24, 2.45) is 0 Å². The quantitative estimate of drug-likeness (QED) is 0.478. The Kier molecular flexibility index (Phi) is 3.85. The van der Waals surface area contributed by atoms with Gasteiger partial charge in [-0.15, -0.1) is 0 Å². The summed E-state index contributed by atoms with van der Waals surface area (Å²) in [6.45, 7) is 0. The highest BCUT2D eigenvalue weighted by Gasteiger charge is 2.48. The fourth-order valence-electron chi connectivity index (χ4n) is 1.00. The molecule has 1 aromatic rings. The van der Waals surface area contributed by atoms with Crippen LogP contribution < -0.4 is 8.92 Å². The van der Waals surface area contributed by atoms with Gasteiger partial charge < -0.3 is 8.92 Å². The zero-order chi connectivity index (χ0) is 14.0. The Balaban J connectivity index is 3.16. The number of hydrogen-bond donors (Lipinski definition) is 0. The topological polar surface area (TPSA) is 69.7 Å². The summed E-state index contributed by atoms with van der Waals surface area (Å²) in [7, 11) is -4.57. The molecule has 0 amide bonds. The van der Waals surface area contributed by atoms with Crippen molar-refractivity contribution in [3.05, 3.63) is 23.8 Å². The number of methoxy groups -OCH3 is 1. The second-order valence-corrected chi connectivity index (χ2v) is 4.58. The van der Waals surface area contributed by atoms with Crippen molar-refractivity contribution in [2.75, 3.05) is 7.11 Å². The van der Waals surface area contributed by atoms with Gasteiger partial charge in [0.25, 0.3) is 0 Å². The van der Waals surface area contributed by atoms with Gasteiger partial charge in [0, 0.05) is 11.6 Å². The first kappa shape index (κ1) is 14.3. The van der Waals surface area contributed by atoms with E-state index in [1.165, 1.54) is 13.2 Å². The summed E-state index contributed by atoms with van der Waals surface area (Å²) in [5, 5.41) is 0. The fraction of sp³-hybridized carbons (Fsp3) is 0.222. The van der Waals surface area contributed by atoms with E-state index < -0.39 is 21.4 Å². The van der Waals surface area contributed by atoms with E-state index in [2.05, 4.69) is 8.92 Å². The number of ether oxygens (including phenoxy) is 1. The van der Waals surface area contributed by atoms with Crippen LogP contribution >= 0.6 is 0 Å². The van der Waals surface area contributed by atoms with Gasteiger partial charge in [0.2, 0.25) is 0 Å². The largest absolute Gasteiger partial charge is 0.534 e. The van der Waals surface area contributed by atoms with E-state index in [-0.39, 0.29) is 11.3 Å². The van der Waals surface area contributed by atoms with Crippen molar-refractivity contribution in [2.45, 2.75) is 5.51 Å². The van der Waals surface area contributed by atoms with Crippen molar-refractivity contribution in [3.63, 3.8) is 0 Å². The van der Waals surface area contributed by atoms with Gasteiger partial charge in [-0.2, -0.15) is 21.6 Å². The zero-order valence-corrected chi connectivity index (χ0v) is 9.71. The van der Waals surface area contributed by atoms with Gasteiger partial charge in [0.05, 0.1) is 7.11 Å². The van der Waals surface area contributed by atoms with Gasteiger partial charge in [-0.05, 0) is 12.1 Å². The Hall–Kier alpha value is -1.77. The molecule has 0 radical (unpaired) electrons. The lowest BCUT2D eigenvalue weighted by Gasteiger charge is -2.10. The SMILES string of the molecule is COc1cc(C=O)cc(OS(=O)(=O)C(F)(F)F)c1. The number of benzene rings is 1. The van der Waals surface area contributed by atoms with Crippen LogP contribution in [0.5, 0.6) is 11.5 Å². The van der Waals surface area contributed by atoms with Crippen molar-refractivity contribution in [1.29, 1.82) is 0 Å². The Morgan fingerprint density at radius 3 is 2.17 bits per heavy atom. The molecule has 0 unspecified atom stereocenters. The van der Waals surface area contributed by atoms with Crippen LogP contribution in [0.15, 0.2) is 18.2 Å². The first-order valence-electron chi connectivity index (χ1n) is 4.34. The molecule has 0 spiro atoms. The van der Waals surface area contributed by atoms with Crippen molar-refractivity contribution in [3.8, 4) is 11.5 Å². The molecule has 0 heterocycles. The second-order valence-electron chi connectivity index (χ2n) is 3.04. The third-order valence-corrected chi connectivity index (χ3v) is 2.74. The van der Waals surface area contributed by atoms with Gasteiger partial charge in [0.15, 0.2) is 0 Å². The van der Waals surface area contributed by atoms with Crippen LogP contribution in [0.4, 0.5) is 13.2 Å². The van der Waals surface area contributed by atoms with Crippen molar-refractivity contribution < 1.29 is 35.3 Å². The minimum Gasteiger partial charge on any atom is -0.497 e. The maximum atomic E-state index is 12.1. The van der Waals surface area contributed by atoms with Gasteiger partial charge in [-0.3, -0.25) is 4.79 Å². The van der Waals surface area contributed by atoms with Crippen LogP contribution in [0.1, 0.15) is 10.4 Å². The summed E-state index contributed by atoms with van der Waals surface area (Å²) in [5.74, 6) is -0.666. The molecule has 5 nitrogen and oxygen atoms in total. The van der Waals surface area contributed by atoms with Crippen LogP contribution in [0.2, 0.25) is 0 Å². The predicted molar refractivity (Wildman–Crippen MR) is 54.0 cm³/mol. The lowest BCUT2D eigenvalue weighted by Crippen LogP contribution is -2.28. The summed E-state index contributed by atoms with van der Waals surface area (Å²) in [4.78, 5) is 10.5. The van der Waals surface area contributed by atoms with E-state index in [0.29, 0.717) is 6.29 Å². The van der Waals surface area contributed by atoms with E-state index in [1.54, 1.807) is 0 Å². The van der Waals surface area contributed by atoms with Gasteiger partial charge in [-0.1, -0.05) is 0 Å². The lowest BCUT2D eigenvalue weighted by molar-refractivity contribution is -0.0500. The number of carbonyl (C=O) groups is 1. The smallest absolute Gasteiger partial charge is 0.497 e. The first-order valence-corrected chi connectivity index (χ1v) is 5.75. The Labute approximate surface area is 100 Å². The number of rotatable bonds is 4. The summed E-state index contributed by atoms with van der Waals surface area (Å²) < 4.78 is 66.2. The number of carbonyl (C=O) groups excluding carboxylic acids is 1. The highest BCUT2D eigenvalue weighted by Crippen LogP contribution is 2.29. The van der Waals surface area contributed by atoms with Crippen LogP contribution in [-0.2, 0) is 10.1 Å². The highest BCUT2D eigenvalue weighted by molar-refractivity contribution is 7.88. The van der Waals surface area contributed by atoms with Crippen molar-refractivity contribution in [1.82, 2.24) is 0 Å². The molecule has 18 heavy (non-hydrogen) atoms. The minimum absolute atomic E-state index is 0.00743. The van der Waals surface area contributed by atoms with Crippen LogP contribution in [0.25, 0.3) is 0 Å². The molecular weight excluding hydrogens is 277 g/mol. The molecule has 0 saturated carbocycles. The Morgan fingerprint density at radius 2 is 1.72 bits per heavy atom. The first-order chi connectivity index (χ1) is 8.19. The molecule has 0 aliphatic rings. The highest BCUT2D eigenvalue weighted by atomic mass is 32.2. The monoisotopic (exact) mass is 284 g/mol. The van der Waals surface area contributed by atoms with Crippen LogP contribution in [0.3, 0.4) is 0 Å². The molecule has 0 saturated heterocycles. The molecular formula is C9H7F3O5S. The normalized spacial score (nSPS) is 12.0. The fourth-order valence-corrected chi connectivity index (χ4v) is 1.45. The maximum absolute atomic E-state index is 12.1. The summed E-state index contributed by atoms with van der Waals surface area (Å²) in [6.07, 6.45) is 0.315. The second kappa shape index (κ2) is 4.84. The van der Waals surface area contributed by atoms with E-state index in [9.17, 15) is 26.4 Å². The van der Waals surface area contributed by atoms with Crippen LogP contribution in [-0.4, -0.2) is 27.3 Å². The van der Waals surface area contributed by atoms with Crippen molar-refractivity contribution >= 4 is 16.4 Å². The molecule has 1 aromatic carbocycles.